The molecule has 1 heterocycles. The third kappa shape index (κ3) is 6.64. The van der Waals surface area contributed by atoms with Gasteiger partial charge in [-0.3, -0.25) is 0 Å². The van der Waals surface area contributed by atoms with E-state index >= 15 is 0 Å². The van der Waals surface area contributed by atoms with Crippen LogP contribution in [0, 0.1) is 0 Å². The number of hydrogen-bond donors (Lipinski definition) is 1. The topological polar surface area (TPSA) is 31.4 Å². The Morgan fingerprint density at radius 1 is 1.19 bits per heavy atom. The first kappa shape index (κ1) is 18.2. The number of pyridine rings is 1. The van der Waals surface area contributed by atoms with Gasteiger partial charge in [0.05, 0.1) is 10.7 Å². The molecule has 21 heavy (non-hydrogen) atoms. The standard InChI is InChI=1S/C16H29ClN4/c1-6-9-21(11-10-20(4)5)16-8-7-14(17)15(19-16)12-18-13(2)3/h7-8,13,18H,6,9-12H2,1-5H3. The van der Waals surface area contributed by atoms with Crippen LogP contribution in [0.1, 0.15) is 32.9 Å². The van der Waals surface area contributed by atoms with Crippen LogP contribution >= 0.6 is 11.6 Å². The van der Waals surface area contributed by atoms with E-state index in [1.54, 1.807) is 0 Å². The van der Waals surface area contributed by atoms with Crippen LogP contribution in [0.15, 0.2) is 12.1 Å². The van der Waals surface area contributed by atoms with Gasteiger partial charge in [0.15, 0.2) is 0 Å². The van der Waals surface area contributed by atoms with E-state index in [0.717, 1.165) is 42.6 Å². The molecule has 1 aromatic heterocycles. The highest BCUT2D eigenvalue weighted by Gasteiger charge is 2.11. The molecule has 4 nitrogen and oxygen atoms in total. The molecule has 1 rings (SSSR count). The van der Waals surface area contributed by atoms with Crippen molar-refractivity contribution in [3.63, 3.8) is 0 Å². The Hall–Kier alpha value is -0.840. The Kier molecular flexibility index (Phi) is 8.01. The highest BCUT2D eigenvalue weighted by Crippen LogP contribution is 2.19. The summed E-state index contributed by atoms with van der Waals surface area (Å²) in [5.41, 5.74) is 0.925. The van der Waals surface area contributed by atoms with Crippen LogP contribution in [0.5, 0.6) is 0 Å². The maximum absolute atomic E-state index is 6.26. The van der Waals surface area contributed by atoms with Crippen LogP contribution < -0.4 is 10.2 Å². The van der Waals surface area contributed by atoms with E-state index < -0.39 is 0 Å². The zero-order chi connectivity index (χ0) is 15.8. The highest BCUT2D eigenvalue weighted by atomic mass is 35.5. The van der Waals surface area contributed by atoms with Crippen molar-refractivity contribution in [3.8, 4) is 0 Å². The first-order valence-corrected chi connectivity index (χ1v) is 8.10. The van der Waals surface area contributed by atoms with Gasteiger partial charge in [-0.05, 0) is 32.6 Å². The minimum Gasteiger partial charge on any atom is -0.355 e. The largest absolute Gasteiger partial charge is 0.355 e. The average Bonchev–Trinajstić information content (AvgIpc) is 2.42. The first-order valence-electron chi connectivity index (χ1n) is 7.72. The van der Waals surface area contributed by atoms with Gasteiger partial charge in [0, 0.05) is 32.2 Å². The van der Waals surface area contributed by atoms with Crippen LogP contribution in [-0.4, -0.2) is 49.7 Å². The fraction of sp³-hybridized carbons (Fsp3) is 0.688. The van der Waals surface area contributed by atoms with Gasteiger partial charge < -0.3 is 15.1 Å². The van der Waals surface area contributed by atoms with E-state index in [-0.39, 0.29) is 0 Å². The summed E-state index contributed by atoms with van der Waals surface area (Å²) in [7, 11) is 4.19. The highest BCUT2D eigenvalue weighted by molar-refractivity contribution is 6.31. The number of aromatic nitrogens is 1. The van der Waals surface area contributed by atoms with E-state index in [0.29, 0.717) is 12.6 Å². The van der Waals surface area contributed by atoms with Crippen molar-refractivity contribution in [2.45, 2.75) is 39.8 Å². The van der Waals surface area contributed by atoms with Gasteiger partial charge in [-0.15, -0.1) is 0 Å². The van der Waals surface area contributed by atoms with Crippen LogP contribution in [-0.2, 0) is 6.54 Å². The summed E-state index contributed by atoms with van der Waals surface area (Å²) >= 11 is 6.26. The average molecular weight is 313 g/mol. The molecule has 5 heteroatoms. The van der Waals surface area contributed by atoms with Crippen molar-refractivity contribution in [1.82, 2.24) is 15.2 Å². The molecule has 0 aliphatic rings. The number of likely N-dealkylation sites (N-methyl/N-ethyl adjacent to an activating group) is 1. The Morgan fingerprint density at radius 3 is 2.48 bits per heavy atom. The van der Waals surface area contributed by atoms with Crippen LogP contribution in [0.4, 0.5) is 5.82 Å². The molecule has 0 radical (unpaired) electrons. The molecule has 0 bridgehead atoms. The molecule has 0 saturated heterocycles. The number of rotatable bonds is 9. The van der Waals surface area contributed by atoms with Crippen molar-refractivity contribution in [1.29, 1.82) is 0 Å². The van der Waals surface area contributed by atoms with Gasteiger partial charge in [-0.2, -0.15) is 0 Å². The Morgan fingerprint density at radius 2 is 1.90 bits per heavy atom. The third-order valence-electron chi connectivity index (χ3n) is 3.22. The first-order chi connectivity index (χ1) is 9.93. The summed E-state index contributed by atoms with van der Waals surface area (Å²) in [5, 5.41) is 4.11. The molecule has 0 spiro atoms. The summed E-state index contributed by atoms with van der Waals surface area (Å²) in [5.74, 6) is 1.02. The third-order valence-corrected chi connectivity index (χ3v) is 3.56. The molecule has 120 valence electrons. The molecule has 0 fully saturated rings. The molecular formula is C16H29ClN4. The monoisotopic (exact) mass is 312 g/mol. The van der Waals surface area contributed by atoms with Gasteiger partial charge in [-0.25, -0.2) is 4.98 Å². The lowest BCUT2D eigenvalue weighted by Gasteiger charge is -2.25. The Balaban J connectivity index is 2.84. The molecule has 0 amide bonds. The lowest BCUT2D eigenvalue weighted by Crippen LogP contribution is -2.33. The molecule has 0 atom stereocenters. The number of halogens is 1. The molecule has 1 N–H and O–H groups in total. The van der Waals surface area contributed by atoms with Gasteiger partial charge in [0.1, 0.15) is 5.82 Å². The zero-order valence-corrected chi connectivity index (χ0v) is 14.7. The Labute approximate surface area is 134 Å². The fourth-order valence-electron chi connectivity index (χ4n) is 2.01. The van der Waals surface area contributed by atoms with Gasteiger partial charge in [-0.1, -0.05) is 32.4 Å². The van der Waals surface area contributed by atoms with Gasteiger partial charge in [0.2, 0.25) is 0 Å². The summed E-state index contributed by atoms with van der Waals surface area (Å²) in [6.07, 6.45) is 1.11. The summed E-state index contributed by atoms with van der Waals surface area (Å²) < 4.78 is 0. The Bertz CT molecular complexity index is 421. The smallest absolute Gasteiger partial charge is 0.129 e. The number of nitrogens with zero attached hydrogens (tertiary/aromatic N) is 3. The van der Waals surface area contributed by atoms with Crippen LogP contribution in [0.3, 0.4) is 0 Å². The minimum atomic E-state index is 0.423. The summed E-state index contributed by atoms with van der Waals surface area (Å²) in [6.45, 7) is 10.2. The number of anilines is 1. The second-order valence-corrected chi connectivity index (χ2v) is 6.33. The molecule has 0 saturated carbocycles. The van der Waals surface area contributed by atoms with E-state index in [1.807, 2.05) is 12.1 Å². The van der Waals surface area contributed by atoms with Gasteiger partial charge in [0.25, 0.3) is 0 Å². The summed E-state index contributed by atoms with van der Waals surface area (Å²) in [6, 6.07) is 4.40. The SMILES string of the molecule is CCCN(CCN(C)C)c1ccc(Cl)c(CNC(C)C)n1. The predicted molar refractivity (Wildman–Crippen MR) is 92.3 cm³/mol. The van der Waals surface area contributed by atoms with Crippen molar-refractivity contribution < 1.29 is 0 Å². The van der Waals surface area contributed by atoms with Crippen molar-refractivity contribution in [2.75, 3.05) is 38.6 Å². The number of hydrogen-bond acceptors (Lipinski definition) is 4. The van der Waals surface area contributed by atoms with E-state index in [1.165, 1.54) is 0 Å². The molecule has 0 aliphatic carbocycles. The van der Waals surface area contributed by atoms with Crippen molar-refractivity contribution in [2.24, 2.45) is 0 Å². The van der Waals surface area contributed by atoms with E-state index in [2.05, 4.69) is 50.0 Å². The fourth-order valence-corrected chi connectivity index (χ4v) is 2.18. The lowest BCUT2D eigenvalue weighted by atomic mass is 10.3. The van der Waals surface area contributed by atoms with E-state index in [9.17, 15) is 0 Å². The van der Waals surface area contributed by atoms with Gasteiger partial charge >= 0.3 is 0 Å². The second kappa shape index (κ2) is 9.23. The van der Waals surface area contributed by atoms with E-state index in [4.69, 9.17) is 16.6 Å². The zero-order valence-electron chi connectivity index (χ0n) is 14.0. The lowest BCUT2D eigenvalue weighted by molar-refractivity contribution is 0.412. The maximum Gasteiger partial charge on any atom is 0.129 e. The normalized spacial score (nSPS) is 11.4. The van der Waals surface area contributed by atoms with Crippen LogP contribution in [0.25, 0.3) is 0 Å². The maximum atomic E-state index is 6.26. The quantitative estimate of drug-likeness (QED) is 0.759. The summed E-state index contributed by atoms with van der Waals surface area (Å²) in [4.78, 5) is 9.28. The van der Waals surface area contributed by atoms with Crippen molar-refractivity contribution in [3.05, 3.63) is 22.8 Å². The molecule has 1 aromatic rings. The second-order valence-electron chi connectivity index (χ2n) is 5.92. The number of nitrogens with one attached hydrogen (secondary N) is 1. The molecule has 0 unspecified atom stereocenters. The minimum absolute atomic E-state index is 0.423. The van der Waals surface area contributed by atoms with Crippen molar-refractivity contribution >= 4 is 17.4 Å². The molecular weight excluding hydrogens is 284 g/mol. The predicted octanol–water partition coefficient (Wildman–Crippen LogP) is 3.01. The molecule has 0 aliphatic heterocycles. The molecule has 0 aromatic carbocycles. The van der Waals surface area contributed by atoms with Crippen LogP contribution in [0.2, 0.25) is 5.02 Å².